The van der Waals surface area contributed by atoms with Gasteiger partial charge in [0.25, 0.3) is 5.91 Å². The Labute approximate surface area is 145 Å². The summed E-state index contributed by atoms with van der Waals surface area (Å²) >= 11 is 0. The number of likely N-dealkylation sites (N-methyl/N-ethyl adjacent to an activating group) is 1. The van der Waals surface area contributed by atoms with Crippen molar-refractivity contribution in [3.63, 3.8) is 0 Å². The highest BCUT2D eigenvalue weighted by molar-refractivity contribution is 5.98. The molecule has 0 saturated heterocycles. The van der Waals surface area contributed by atoms with Gasteiger partial charge in [-0.25, -0.2) is 9.97 Å². The van der Waals surface area contributed by atoms with Crippen molar-refractivity contribution in [2.75, 3.05) is 23.9 Å². The number of fused-ring (bicyclic) bond motifs is 1. The normalized spacial score (nSPS) is 16.1. The number of amides is 1. The third-order valence-electron chi connectivity index (χ3n) is 4.25. The molecular weight excluding hydrogens is 316 g/mol. The number of anilines is 2. The van der Waals surface area contributed by atoms with Crippen LogP contribution in [0.2, 0.25) is 0 Å². The maximum absolute atomic E-state index is 11.8. The van der Waals surface area contributed by atoms with Crippen molar-refractivity contribution in [2.24, 2.45) is 0 Å². The van der Waals surface area contributed by atoms with Crippen LogP contribution < -0.4 is 15.0 Å². The van der Waals surface area contributed by atoms with E-state index in [0.717, 1.165) is 35.5 Å². The standard InChI is InChI=1S/C19H18N4O2/c1-23-16-11-13(7-8-17(16)25-12-18(23)24)15-9-10-20-19(22-15)21-14-5-3-2-4-6-14/h3,5-11H,2,4,12H2,1H3,(H,20,21,22). The molecule has 6 nitrogen and oxygen atoms in total. The second-order valence-electron chi connectivity index (χ2n) is 5.95. The largest absolute Gasteiger partial charge is 0.482 e. The summed E-state index contributed by atoms with van der Waals surface area (Å²) in [6, 6.07) is 7.57. The molecule has 1 amide bonds. The molecule has 4 rings (SSSR count). The van der Waals surface area contributed by atoms with Crippen LogP contribution in [0, 0.1) is 0 Å². The molecule has 1 aliphatic heterocycles. The number of carbonyl (C=O) groups excluding carboxylic acids is 1. The number of ether oxygens (including phenoxy) is 1. The molecule has 1 aromatic carbocycles. The Bertz CT molecular complexity index is 889. The van der Waals surface area contributed by atoms with Crippen LogP contribution in [0.4, 0.5) is 11.6 Å². The number of allylic oxidation sites excluding steroid dienone is 3. The zero-order valence-corrected chi connectivity index (χ0v) is 13.9. The summed E-state index contributed by atoms with van der Waals surface area (Å²) in [6.45, 7) is 0.0764. The van der Waals surface area contributed by atoms with Gasteiger partial charge < -0.3 is 15.0 Å². The van der Waals surface area contributed by atoms with Crippen LogP contribution in [0.3, 0.4) is 0 Å². The Kier molecular flexibility index (Phi) is 3.93. The topological polar surface area (TPSA) is 67.4 Å². The molecule has 1 aromatic heterocycles. The van der Waals surface area contributed by atoms with E-state index >= 15 is 0 Å². The number of hydrogen-bond acceptors (Lipinski definition) is 5. The quantitative estimate of drug-likeness (QED) is 0.934. The van der Waals surface area contributed by atoms with Crippen molar-refractivity contribution in [1.29, 1.82) is 0 Å². The third-order valence-corrected chi connectivity index (χ3v) is 4.25. The van der Waals surface area contributed by atoms with Gasteiger partial charge in [-0.2, -0.15) is 0 Å². The molecule has 25 heavy (non-hydrogen) atoms. The highest BCUT2D eigenvalue weighted by atomic mass is 16.5. The van der Waals surface area contributed by atoms with Gasteiger partial charge in [-0.1, -0.05) is 12.2 Å². The summed E-state index contributed by atoms with van der Waals surface area (Å²) in [4.78, 5) is 22.3. The van der Waals surface area contributed by atoms with Crippen molar-refractivity contribution in [1.82, 2.24) is 9.97 Å². The van der Waals surface area contributed by atoms with Crippen LogP contribution >= 0.6 is 0 Å². The number of benzene rings is 1. The van der Waals surface area contributed by atoms with Crippen LogP contribution in [-0.4, -0.2) is 29.5 Å². The molecule has 2 aliphatic rings. The fourth-order valence-electron chi connectivity index (χ4n) is 2.85. The number of nitrogens with one attached hydrogen (secondary N) is 1. The van der Waals surface area contributed by atoms with Crippen LogP contribution in [0.25, 0.3) is 11.3 Å². The first-order valence-corrected chi connectivity index (χ1v) is 8.21. The van der Waals surface area contributed by atoms with Crippen molar-refractivity contribution >= 4 is 17.5 Å². The minimum atomic E-state index is -0.0642. The number of nitrogens with zero attached hydrogens (tertiary/aromatic N) is 3. The van der Waals surface area contributed by atoms with E-state index in [-0.39, 0.29) is 12.5 Å². The van der Waals surface area contributed by atoms with E-state index in [9.17, 15) is 4.79 Å². The summed E-state index contributed by atoms with van der Waals surface area (Å²) < 4.78 is 5.47. The fraction of sp³-hybridized carbons (Fsp3) is 0.211. The smallest absolute Gasteiger partial charge is 0.264 e. The van der Waals surface area contributed by atoms with Crippen LogP contribution in [0.1, 0.15) is 12.8 Å². The average Bonchev–Trinajstić information content (AvgIpc) is 2.66. The molecule has 0 bridgehead atoms. The molecule has 1 aliphatic carbocycles. The lowest BCUT2D eigenvalue weighted by Gasteiger charge is -2.26. The van der Waals surface area contributed by atoms with Gasteiger partial charge in [-0.15, -0.1) is 0 Å². The van der Waals surface area contributed by atoms with Gasteiger partial charge in [-0.05, 0) is 43.2 Å². The van der Waals surface area contributed by atoms with Gasteiger partial charge in [-0.3, -0.25) is 4.79 Å². The molecule has 2 heterocycles. The Morgan fingerprint density at radius 2 is 2.16 bits per heavy atom. The summed E-state index contributed by atoms with van der Waals surface area (Å²) in [6.07, 6.45) is 10.1. The molecule has 0 atom stereocenters. The monoisotopic (exact) mass is 334 g/mol. The van der Waals surface area contributed by atoms with Gasteiger partial charge in [0.05, 0.1) is 11.4 Å². The number of aromatic nitrogens is 2. The van der Waals surface area contributed by atoms with Crippen molar-refractivity contribution in [2.45, 2.75) is 12.8 Å². The summed E-state index contributed by atoms with van der Waals surface area (Å²) in [5.74, 6) is 1.19. The van der Waals surface area contributed by atoms with E-state index in [0.29, 0.717) is 11.7 Å². The Morgan fingerprint density at radius 3 is 3.00 bits per heavy atom. The van der Waals surface area contributed by atoms with E-state index in [1.54, 1.807) is 18.1 Å². The number of rotatable bonds is 3. The summed E-state index contributed by atoms with van der Waals surface area (Å²) in [5.41, 5.74) is 3.45. The highest BCUT2D eigenvalue weighted by Crippen LogP contribution is 2.34. The second-order valence-corrected chi connectivity index (χ2v) is 5.95. The maximum atomic E-state index is 11.8. The minimum Gasteiger partial charge on any atom is -0.482 e. The lowest BCUT2D eigenvalue weighted by molar-refractivity contribution is -0.120. The molecule has 6 heteroatoms. The van der Waals surface area contributed by atoms with Gasteiger partial charge >= 0.3 is 0 Å². The van der Waals surface area contributed by atoms with Crippen LogP contribution in [-0.2, 0) is 4.79 Å². The third kappa shape index (κ3) is 3.10. The lowest BCUT2D eigenvalue weighted by atomic mass is 10.1. The maximum Gasteiger partial charge on any atom is 0.264 e. The first-order valence-electron chi connectivity index (χ1n) is 8.21. The zero-order chi connectivity index (χ0) is 17.2. The van der Waals surface area contributed by atoms with E-state index in [4.69, 9.17) is 4.74 Å². The van der Waals surface area contributed by atoms with Crippen molar-refractivity contribution in [3.05, 3.63) is 54.4 Å². The Balaban J connectivity index is 1.64. The molecule has 0 radical (unpaired) electrons. The van der Waals surface area contributed by atoms with Crippen LogP contribution in [0.15, 0.2) is 54.4 Å². The Morgan fingerprint density at radius 1 is 1.24 bits per heavy atom. The molecule has 1 N–H and O–H groups in total. The summed E-state index contributed by atoms with van der Waals surface area (Å²) in [5, 5.41) is 3.23. The molecule has 0 fully saturated rings. The van der Waals surface area contributed by atoms with Gasteiger partial charge in [0.1, 0.15) is 5.75 Å². The molecule has 2 aromatic rings. The highest BCUT2D eigenvalue weighted by Gasteiger charge is 2.22. The molecule has 126 valence electrons. The van der Waals surface area contributed by atoms with Crippen molar-refractivity contribution in [3.8, 4) is 17.0 Å². The second kappa shape index (κ2) is 6.39. The predicted molar refractivity (Wildman–Crippen MR) is 96.5 cm³/mol. The fourth-order valence-corrected chi connectivity index (χ4v) is 2.85. The first kappa shape index (κ1) is 15.4. The molecule has 0 saturated carbocycles. The predicted octanol–water partition coefficient (Wildman–Crippen LogP) is 3.14. The van der Waals surface area contributed by atoms with Crippen molar-refractivity contribution < 1.29 is 9.53 Å². The number of hydrogen-bond donors (Lipinski definition) is 1. The van der Waals surface area contributed by atoms with Gasteiger partial charge in [0.15, 0.2) is 6.61 Å². The SMILES string of the molecule is CN1C(=O)COc2ccc(-c3ccnc(NC4=CCCC=C4)n3)cc21. The van der Waals surface area contributed by atoms with Gasteiger partial charge in [0, 0.05) is 24.5 Å². The zero-order valence-electron chi connectivity index (χ0n) is 13.9. The summed E-state index contributed by atoms with van der Waals surface area (Å²) in [7, 11) is 1.75. The first-order chi connectivity index (χ1) is 12.2. The van der Waals surface area contributed by atoms with E-state index in [1.165, 1.54) is 0 Å². The van der Waals surface area contributed by atoms with E-state index < -0.39 is 0 Å². The molecular formula is C19H18N4O2. The van der Waals surface area contributed by atoms with E-state index in [2.05, 4.69) is 27.4 Å². The Hall–Kier alpha value is -3.15. The van der Waals surface area contributed by atoms with Gasteiger partial charge in [0.2, 0.25) is 5.95 Å². The lowest BCUT2D eigenvalue weighted by Crippen LogP contribution is -2.35. The molecule has 0 spiro atoms. The van der Waals surface area contributed by atoms with E-state index in [1.807, 2.05) is 30.3 Å². The number of carbonyl (C=O) groups is 1. The minimum absolute atomic E-state index is 0.0642. The molecule has 0 unspecified atom stereocenters. The van der Waals surface area contributed by atoms with Crippen LogP contribution in [0.5, 0.6) is 5.75 Å². The average molecular weight is 334 g/mol.